The van der Waals surface area contributed by atoms with E-state index in [1.807, 2.05) is 73.8 Å². The molecule has 0 spiro atoms. The van der Waals surface area contributed by atoms with Crippen molar-refractivity contribution in [2.24, 2.45) is 5.10 Å². The molecule has 0 fully saturated rings. The summed E-state index contributed by atoms with van der Waals surface area (Å²) in [5, 5.41) is 4.30. The molecule has 0 aliphatic rings. The minimum atomic E-state index is -0.131. The van der Waals surface area contributed by atoms with Crippen LogP contribution in [0.2, 0.25) is 0 Å². The third kappa shape index (κ3) is 3.06. The van der Waals surface area contributed by atoms with Gasteiger partial charge in [-0.25, -0.2) is 4.79 Å². The van der Waals surface area contributed by atoms with Gasteiger partial charge in [-0.3, -0.25) is 4.57 Å². The van der Waals surface area contributed by atoms with Gasteiger partial charge in [-0.05, 0) is 18.1 Å². The molecule has 0 aliphatic carbocycles. The first-order valence-electron chi connectivity index (χ1n) is 7.16. The Morgan fingerprint density at radius 2 is 1.64 bits per heavy atom. The van der Waals surface area contributed by atoms with Crippen LogP contribution in [0.1, 0.15) is 16.8 Å². The summed E-state index contributed by atoms with van der Waals surface area (Å²) in [6.07, 6.45) is 3.53. The first-order valence-corrected chi connectivity index (χ1v) is 7.16. The summed E-state index contributed by atoms with van der Waals surface area (Å²) in [5.74, 6) is 0. The van der Waals surface area contributed by atoms with Crippen molar-refractivity contribution in [2.45, 2.75) is 13.5 Å². The molecule has 0 N–H and O–H groups in total. The zero-order valence-electron chi connectivity index (χ0n) is 12.4. The summed E-state index contributed by atoms with van der Waals surface area (Å²) in [4.78, 5) is 12.4. The van der Waals surface area contributed by atoms with Gasteiger partial charge in [-0.1, -0.05) is 60.7 Å². The zero-order valence-corrected chi connectivity index (χ0v) is 12.4. The highest BCUT2D eigenvalue weighted by molar-refractivity contribution is 5.79. The number of benzene rings is 2. The smallest absolute Gasteiger partial charge is 0.293 e. The normalized spacial score (nSPS) is 11.1. The van der Waals surface area contributed by atoms with E-state index in [9.17, 15) is 4.79 Å². The Kier molecular flexibility index (Phi) is 4.01. The standard InChI is InChI=1S/C18H17N3O/c1-15-13-20(14-17-10-6-3-7-11-17)18(22)21(15)19-12-16-8-4-2-5-9-16/h2-13H,14H2,1H3/b19-12+. The van der Waals surface area contributed by atoms with Gasteiger partial charge >= 0.3 is 5.69 Å². The summed E-state index contributed by atoms with van der Waals surface area (Å²) in [5.41, 5.74) is 2.74. The Hall–Kier alpha value is -2.88. The number of aryl methyl sites for hydroxylation is 1. The molecule has 1 heterocycles. The van der Waals surface area contributed by atoms with E-state index >= 15 is 0 Å². The monoisotopic (exact) mass is 291 g/mol. The summed E-state index contributed by atoms with van der Waals surface area (Å²) >= 11 is 0. The van der Waals surface area contributed by atoms with Gasteiger partial charge in [0.2, 0.25) is 0 Å². The summed E-state index contributed by atoms with van der Waals surface area (Å²) < 4.78 is 3.10. The molecule has 0 saturated heterocycles. The zero-order chi connectivity index (χ0) is 15.4. The molecule has 4 nitrogen and oxygen atoms in total. The first kappa shape index (κ1) is 14.1. The van der Waals surface area contributed by atoms with Gasteiger partial charge < -0.3 is 0 Å². The average Bonchev–Trinajstić information content (AvgIpc) is 2.81. The number of hydrogen-bond acceptors (Lipinski definition) is 2. The van der Waals surface area contributed by atoms with Crippen LogP contribution < -0.4 is 5.69 Å². The van der Waals surface area contributed by atoms with Crippen LogP contribution in [0, 0.1) is 6.92 Å². The maximum atomic E-state index is 12.4. The van der Waals surface area contributed by atoms with Crippen LogP contribution in [0.4, 0.5) is 0 Å². The van der Waals surface area contributed by atoms with Crippen molar-refractivity contribution in [1.82, 2.24) is 9.24 Å². The number of nitrogens with zero attached hydrogens (tertiary/aromatic N) is 3. The predicted octanol–water partition coefficient (Wildman–Crippen LogP) is 2.89. The second-order valence-electron chi connectivity index (χ2n) is 5.13. The van der Waals surface area contributed by atoms with Crippen LogP contribution in [-0.4, -0.2) is 15.5 Å². The molecule has 0 amide bonds. The Morgan fingerprint density at radius 1 is 1.00 bits per heavy atom. The lowest BCUT2D eigenvalue weighted by molar-refractivity contribution is 0.706. The third-order valence-electron chi connectivity index (χ3n) is 3.42. The minimum absolute atomic E-state index is 0.131. The molecular weight excluding hydrogens is 274 g/mol. The lowest BCUT2D eigenvalue weighted by atomic mass is 10.2. The van der Waals surface area contributed by atoms with Gasteiger partial charge in [0, 0.05) is 6.20 Å². The highest BCUT2D eigenvalue weighted by Gasteiger charge is 2.07. The quantitative estimate of drug-likeness (QED) is 0.681. The summed E-state index contributed by atoms with van der Waals surface area (Å²) in [6.45, 7) is 2.43. The van der Waals surface area contributed by atoms with E-state index in [-0.39, 0.29) is 5.69 Å². The Balaban J connectivity index is 1.88. The fraction of sp³-hybridized carbons (Fsp3) is 0.111. The van der Waals surface area contributed by atoms with Gasteiger partial charge in [0.15, 0.2) is 0 Å². The summed E-state index contributed by atoms with van der Waals surface area (Å²) in [6, 6.07) is 19.6. The largest absolute Gasteiger partial charge is 0.349 e. The maximum Gasteiger partial charge on any atom is 0.349 e. The van der Waals surface area contributed by atoms with E-state index in [1.165, 1.54) is 4.68 Å². The third-order valence-corrected chi connectivity index (χ3v) is 3.42. The van der Waals surface area contributed by atoms with Crippen LogP contribution in [-0.2, 0) is 6.54 Å². The van der Waals surface area contributed by atoms with E-state index in [0.29, 0.717) is 6.54 Å². The van der Waals surface area contributed by atoms with Crippen molar-refractivity contribution < 1.29 is 0 Å². The van der Waals surface area contributed by atoms with Crippen molar-refractivity contribution in [2.75, 3.05) is 0 Å². The number of imidazole rings is 1. The fourth-order valence-corrected chi connectivity index (χ4v) is 2.31. The molecular formula is C18H17N3O. The van der Waals surface area contributed by atoms with E-state index < -0.39 is 0 Å². The molecule has 1 aromatic heterocycles. The fourth-order valence-electron chi connectivity index (χ4n) is 2.31. The van der Waals surface area contributed by atoms with Crippen LogP contribution in [0.25, 0.3) is 0 Å². The Bertz CT molecular complexity index is 830. The molecule has 4 heteroatoms. The van der Waals surface area contributed by atoms with Gasteiger partial charge in [0.1, 0.15) is 0 Å². The topological polar surface area (TPSA) is 39.3 Å². The number of aromatic nitrogens is 2. The van der Waals surface area contributed by atoms with Gasteiger partial charge in [-0.15, -0.1) is 0 Å². The van der Waals surface area contributed by atoms with Gasteiger partial charge in [0.25, 0.3) is 0 Å². The second-order valence-corrected chi connectivity index (χ2v) is 5.13. The van der Waals surface area contributed by atoms with Crippen molar-refractivity contribution >= 4 is 6.21 Å². The lowest BCUT2D eigenvalue weighted by Gasteiger charge is -2.00. The predicted molar refractivity (Wildman–Crippen MR) is 88.4 cm³/mol. The second kappa shape index (κ2) is 6.26. The Labute approximate surface area is 129 Å². The Morgan fingerprint density at radius 3 is 2.32 bits per heavy atom. The van der Waals surface area contributed by atoms with Gasteiger partial charge in [-0.2, -0.15) is 9.78 Å². The van der Waals surface area contributed by atoms with Crippen LogP contribution in [0.3, 0.4) is 0 Å². The molecule has 0 saturated carbocycles. The van der Waals surface area contributed by atoms with E-state index in [1.54, 1.807) is 10.8 Å². The van der Waals surface area contributed by atoms with E-state index in [2.05, 4.69) is 5.10 Å². The highest BCUT2D eigenvalue weighted by atomic mass is 16.2. The van der Waals surface area contributed by atoms with E-state index in [4.69, 9.17) is 0 Å². The first-order chi connectivity index (χ1) is 10.7. The molecule has 3 rings (SSSR count). The van der Waals surface area contributed by atoms with Crippen molar-refractivity contribution in [3.8, 4) is 0 Å². The molecule has 0 atom stereocenters. The van der Waals surface area contributed by atoms with Crippen molar-refractivity contribution in [3.05, 3.63) is 94.2 Å². The molecule has 0 bridgehead atoms. The van der Waals surface area contributed by atoms with Gasteiger partial charge in [0.05, 0.1) is 18.5 Å². The number of rotatable bonds is 4. The highest BCUT2D eigenvalue weighted by Crippen LogP contribution is 2.03. The number of hydrogen-bond donors (Lipinski definition) is 0. The molecule has 3 aromatic rings. The average molecular weight is 291 g/mol. The molecule has 0 aliphatic heterocycles. The molecule has 110 valence electrons. The van der Waals surface area contributed by atoms with Crippen molar-refractivity contribution in [3.63, 3.8) is 0 Å². The van der Waals surface area contributed by atoms with E-state index in [0.717, 1.165) is 16.8 Å². The molecule has 0 radical (unpaired) electrons. The molecule has 2 aromatic carbocycles. The van der Waals surface area contributed by atoms with Crippen LogP contribution >= 0.6 is 0 Å². The van der Waals surface area contributed by atoms with Crippen molar-refractivity contribution in [1.29, 1.82) is 0 Å². The molecule has 22 heavy (non-hydrogen) atoms. The lowest BCUT2D eigenvalue weighted by Crippen LogP contribution is -2.22. The minimum Gasteiger partial charge on any atom is -0.293 e. The SMILES string of the molecule is Cc1cn(Cc2ccccc2)c(=O)n1/N=C/c1ccccc1. The summed E-state index contributed by atoms with van der Waals surface area (Å²) in [7, 11) is 0. The maximum absolute atomic E-state index is 12.4. The molecule has 0 unspecified atom stereocenters. The van der Waals surface area contributed by atoms with Crippen LogP contribution in [0.5, 0.6) is 0 Å². The van der Waals surface area contributed by atoms with Crippen LogP contribution in [0.15, 0.2) is 76.8 Å².